The first-order chi connectivity index (χ1) is 11.4. The summed E-state index contributed by atoms with van der Waals surface area (Å²) >= 11 is 0. The van der Waals surface area contributed by atoms with E-state index in [9.17, 15) is 18.5 Å². The molecule has 7 nitrogen and oxygen atoms in total. The van der Waals surface area contributed by atoms with Crippen LogP contribution in [0.25, 0.3) is 0 Å². The van der Waals surface area contributed by atoms with Crippen LogP contribution >= 0.6 is 0 Å². The van der Waals surface area contributed by atoms with Gasteiger partial charge in [0, 0.05) is 6.54 Å². The van der Waals surface area contributed by atoms with Gasteiger partial charge in [0.1, 0.15) is 5.69 Å². The summed E-state index contributed by atoms with van der Waals surface area (Å²) in [5.41, 5.74) is 0.916. The minimum Gasteiger partial charge on any atom is -0.379 e. The molecule has 1 aliphatic rings. The van der Waals surface area contributed by atoms with Gasteiger partial charge < -0.3 is 5.32 Å². The Hall–Kier alpha value is -2.45. The molecule has 0 aromatic heterocycles. The molecule has 1 saturated carbocycles. The topological polar surface area (TPSA) is 115 Å². The second-order valence-electron chi connectivity index (χ2n) is 5.85. The van der Waals surface area contributed by atoms with Crippen molar-refractivity contribution in [2.24, 2.45) is 11.1 Å². The van der Waals surface area contributed by atoms with Crippen molar-refractivity contribution < 1.29 is 13.3 Å². The van der Waals surface area contributed by atoms with Crippen LogP contribution < -0.4 is 10.5 Å². The number of benzene rings is 2. The zero-order chi connectivity index (χ0) is 17.3. The Morgan fingerprint density at radius 2 is 1.88 bits per heavy atom. The lowest BCUT2D eigenvalue weighted by Gasteiger charge is -2.09. The third-order valence-electron chi connectivity index (χ3n) is 4.19. The van der Waals surface area contributed by atoms with Crippen molar-refractivity contribution in [1.82, 2.24) is 0 Å². The highest BCUT2D eigenvalue weighted by atomic mass is 32.2. The highest BCUT2D eigenvalue weighted by Gasteiger charge is 2.38. The molecule has 8 heteroatoms. The Morgan fingerprint density at radius 1 is 1.17 bits per heavy atom. The zero-order valence-electron chi connectivity index (χ0n) is 12.8. The summed E-state index contributed by atoms with van der Waals surface area (Å²) in [4.78, 5) is 10.1. The van der Waals surface area contributed by atoms with Gasteiger partial charge in [0.25, 0.3) is 0 Å². The van der Waals surface area contributed by atoms with Gasteiger partial charge in [-0.15, -0.1) is 0 Å². The van der Waals surface area contributed by atoms with Crippen molar-refractivity contribution in [2.45, 2.75) is 17.2 Å². The van der Waals surface area contributed by atoms with Gasteiger partial charge in [0.15, 0.2) is 4.90 Å². The monoisotopic (exact) mass is 347 g/mol. The van der Waals surface area contributed by atoms with E-state index in [2.05, 4.69) is 17.4 Å². The van der Waals surface area contributed by atoms with Gasteiger partial charge in [0.2, 0.25) is 10.0 Å². The highest BCUT2D eigenvalue weighted by Crippen LogP contribution is 2.47. The first-order valence-corrected chi connectivity index (χ1v) is 9.01. The zero-order valence-corrected chi connectivity index (χ0v) is 13.6. The van der Waals surface area contributed by atoms with Crippen molar-refractivity contribution in [2.75, 3.05) is 11.9 Å². The Labute approximate surface area is 139 Å². The number of hydrogen-bond acceptors (Lipinski definition) is 5. The molecule has 0 heterocycles. The van der Waals surface area contributed by atoms with E-state index in [-0.39, 0.29) is 5.69 Å². The van der Waals surface area contributed by atoms with Crippen molar-refractivity contribution >= 4 is 21.4 Å². The molecule has 1 aliphatic carbocycles. The average Bonchev–Trinajstić information content (AvgIpc) is 3.32. The van der Waals surface area contributed by atoms with Gasteiger partial charge in [-0.3, -0.25) is 10.1 Å². The van der Waals surface area contributed by atoms with Crippen LogP contribution in [0.2, 0.25) is 0 Å². The van der Waals surface area contributed by atoms with E-state index in [1.807, 2.05) is 18.2 Å². The Bertz CT molecular complexity index is 868. The smallest absolute Gasteiger partial charge is 0.312 e. The number of primary sulfonamides is 1. The van der Waals surface area contributed by atoms with E-state index < -0.39 is 25.5 Å². The maximum atomic E-state index is 11.5. The fourth-order valence-electron chi connectivity index (χ4n) is 2.91. The predicted molar refractivity (Wildman–Crippen MR) is 90.2 cm³/mol. The van der Waals surface area contributed by atoms with Crippen LogP contribution in [0, 0.1) is 16.0 Å². The van der Waals surface area contributed by atoms with E-state index in [0.29, 0.717) is 18.4 Å². The number of nitrogens with zero attached hydrogens (tertiary/aromatic N) is 1. The first-order valence-electron chi connectivity index (χ1n) is 7.47. The summed E-state index contributed by atoms with van der Waals surface area (Å²) in [6.45, 7) is 0.536. The third kappa shape index (κ3) is 3.39. The normalized spacial score (nSPS) is 19.7. The molecule has 0 radical (unpaired) electrons. The molecule has 2 atom stereocenters. The number of nitrogens with two attached hydrogens (primary N) is 1. The van der Waals surface area contributed by atoms with Gasteiger partial charge >= 0.3 is 5.69 Å². The van der Waals surface area contributed by atoms with Crippen molar-refractivity contribution in [3.05, 3.63) is 64.2 Å². The minimum atomic E-state index is -4.16. The second-order valence-corrected chi connectivity index (χ2v) is 7.38. The SMILES string of the molecule is NS(=O)(=O)c1cccc(NCC2CC2c2ccccc2)c1[N+](=O)[O-]. The molecule has 0 saturated heterocycles. The summed E-state index contributed by atoms with van der Waals surface area (Å²) in [5, 5.41) is 19.4. The van der Waals surface area contributed by atoms with Crippen molar-refractivity contribution in [3.63, 3.8) is 0 Å². The minimum absolute atomic E-state index is 0.172. The van der Waals surface area contributed by atoms with Crippen molar-refractivity contribution in [1.29, 1.82) is 0 Å². The third-order valence-corrected chi connectivity index (χ3v) is 5.14. The van der Waals surface area contributed by atoms with E-state index in [0.717, 1.165) is 12.5 Å². The molecule has 3 N–H and O–H groups in total. The average molecular weight is 347 g/mol. The van der Waals surface area contributed by atoms with Gasteiger partial charge in [0.05, 0.1) is 4.92 Å². The molecule has 2 aromatic carbocycles. The van der Waals surface area contributed by atoms with E-state index in [1.165, 1.54) is 17.7 Å². The second kappa shape index (κ2) is 6.21. The number of nitrogens with one attached hydrogen (secondary N) is 1. The molecule has 2 aromatic rings. The number of rotatable bonds is 6. The lowest BCUT2D eigenvalue weighted by Crippen LogP contribution is -2.16. The molecule has 3 rings (SSSR count). The van der Waals surface area contributed by atoms with Gasteiger partial charge in [-0.1, -0.05) is 36.4 Å². The lowest BCUT2D eigenvalue weighted by atomic mass is 10.1. The molecular weight excluding hydrogens is 330 g/mol. The molecule has 2 unspecified atom stereocenters. The standard InChI is InChI=1S/C16H17N3O4S/c17-24(22,23)15-8-4-7-14(16(15)19(20)21)18-10-12-9-13(12)11-5-2-1-3-6-11/h1-8,12-13,18H,9-10H2,(H2,17,22,23). The number of hydrogen-bond donors (Lipinski definition) is 2. The summed E-state index contributed by atoms with van der Waals surface area (Å²) in [6.07, 6.45) is 1.000. The van der Waals surface area contributed by atoms with E-state index in [1.54, 1.807) is 0 Å². The van der Waals surface area contributed by atoms with Crippen LogP contribution in [0.15, 0.2) is 53.4 Å². The number of nitro groups is 1. The van der Waals surface area contributed by atoms with Crippen LogP contribution in [-0.2, 0) is 10.0 Å². The predicted octanol–water partition coefficient (Wildman–Crippen LogP) is 2.46. The summed E-state index contributed by atoms with van der Waals surface area (Å²) in [5.74, 6) is 0.796. The largest absolute Gasteiger partial charge is 0.379 e. The van der Waals surface area contributed by atoms with E-state index >= 15 is 0 Å². The molecule has 126 valence electrons. The van der Waals surface area contributed by atoms with Crippen molar-refractivity contribution in [3.8, 4) is 0 Å². The Morgan fingerprint density at radius 3 is 2.50 bits per heavy atom. The summed E-state index contributed by atoms with van der Waals surface area (Å²) < 4.78 is 23.1. The summed E-state index contributed by atoms with van der Waals surface area (Å²) in [7, 11) is -4.16. The Kier molecular flexibility index (Phi) is 4.25. The van der Waals surface area contributed by atoms with Crippen LogP contribution in [0.1, 0.15) is 17.9 Å². The molecule has 1 fully saturated rings. The van der Waals surface area contributed by atoms with Gasteiger partial charge in [-0.25, -0.2) is 13.6 Å². The fraction of sp³-hybridized carbons (Fsp3) is 0.250. The number of anilines is 1. The lowest BCUT2D eigenvalue weighted by molar-refractivity contribution is -0.386. The molecule has 0 aliphatic heterocycles. The molecular formula is C16H17N3O4S. The maximum absolute atomic E-state index is 11.5. The molecule has 0 amide bonds. The Balaban J connectivity index is 1.76. The van der Waals surface area contributed by atoms with Crippen LogP contribution in [0.4, 0.5) is 11.4 Å². The molecule has 0 bridgehead atoms. The molecule has 0 spiro atoms. The summed E-state index contributed by atoms with van der Waals surface area (Å²) in [6, 6.07) is 14.1. The quantitative estimate of drug-likeness (QED) is 0.615. The fourth-order valence-corrected chi connectivity index (χ4v) is 3.63. The van der Waals surface area contributed by atoms with Gasteiger partial charge in [-0.05, 0) is 36.0 Å². The van der Waals surface area contributed by atoms with Crippen LogP contribution in [-0.4, -0.2) is 19.9 Å². The first kappa shape index (κ1) is 16.4. The van der Waals surface area contributed by atoms with Gasteiger partial charge in [-0.2, -0.15) is 0 Å². The number of sulfonamides is 1. The number of nitro benzene ring substituents is 1. The van der Waals surface area contributed by atoms with Crippen LogP contribution in [0.5, 0.6) is 0 Å². The maximum Gasteiger partial charge on any atom is 0.312 e. The van der Waals surface area contributed by atoms with Crippen LogP contribution in [0.3, 0.4) is 0 Å². The number of para-hydroxylation sites is 1. The molecule has 24 heavy (non-hydrogen) atoms. The van der Waals surface area contributed by atoms with E-state index in [4.69, 9.17) is 5.14 Å². The highest BCUT2D eigenvalue weighted by molar-refractivity contribution is 7.89.